The summed E-state index contributed by atoms with van der Waals surface area (Å²) in [5.74, 6) is 1.70. The van der Waals surface area contributed by atoms with Crippen LogP contribution in [0.25, 0.3) is 0 Å². The van der Waals surface area contributed by atoms with Crippen molar-refractivity contribution in [3.63, 3.8) is 0 Å². The number of pyridine rings is 1. The predicted molar refractivity (Wildman–Crippen MR) is 118 cm³/mol. The van der Waals surface area contributed by atoms with Gasteiger partial charge in [-0.3, -0.25) is 9.78 Å². The van der Waals surface area contributed by atoms with Gasteiger partial charge in [0.25, 0.3) is 0 Å². The molecule has 0 radical (unpaired) electrons. The zero-order chi connectivity index (χ0) is 21.0. The average molecular weight is 415 g/mol. The summed E-state index contributed by atoms with van der Waals surface area (Å²) in [6, 6.07) is 20.2. The molecule has 0 saturated carbocycles. The Bertz CT molecular complexity index is 1070. The Kier molecular flexibility index (Phi) is 5.57. The molecule has 1 aromatic heterocycles. The van der Waals surface area contributed by atoms with E-state index in [0.717, 1.165) is 42.0 Å². The summed E-state index contributed by atoms with van der Waals surface area (Å²) in [5, 5.41) is 0. The molecule has 0 fully saturated rings. The summed E-state index contributed by atoms with van der Waals surface area (Å²) in [6.07, 6.45) is 4.41. The molecular weight excluding hydrogens is 388 g/mol. The number of benzene rings is 2. The second-order valence-corrected chi connectivity index (χ2v) is 8.20. The summed E-state index contributed by atoms with van der Waals surface area (Å²) in [6.45, 7) is 2.13. The number of carbonyl (C=O) groups is 1. The lowest BCUT2D eigenvalue weighted by molar-refractivity contribution is -0.137. The minimum atomic E-state index is -0.00387. The molecule has 31 heavy (non-hydrogen) atoms. The maximum Gasteiger partial charge on any atom is 0.226 e. The first-order valence-electron chi connectivity index (χ1n) is 10.9. The molecule has 5 rings (SSSR count). The number of hydrogen-bond donors (Lipinski definition) is 0. The summed E-state index contributed by atoms with van der Waals surface area (Å²) >= 11 is 0. The molecule has 0 spiro atoms. The van der Waals surface area contributed by atoms with E-state index in [-0.39, 0.29) is 11.8 Å². The lowest BCUT2D eigenvalue weighted by Crippen LogP contribution is -2.38. The summed E-state index contributed by atoms with van der Waals surface area (Å²) in [7, 11) is 0. The fourth-order valence-electron chi connectivity index (χ4n) is 4.47. The number of nitrogens with zero attached hydrogens (tertiary/aromatic N) is 2. The number of rotatable bonds is 5. The van der Waals surface area contributed by atoms with Crippen LogP contribution in [0.3, 0.4) is 0 Å². The van der Waals surface area contributed by atoms with Gasteiger partial charge in [-0.1, -0.05) is 36.4 Å². The number of aromatic nitrogens is 1. The molecule has 2 heterocycles. The van der Waals surface area contributed by atoms with Crippen molar-refractivity contribution in [3.8, 4) is 11.5 Å². The van der Waals surface area contributed by atoms with Crippen molar-refractivity contribution in [1.29, 1.82) is 0 Å². The quantitative estimate of drug-likeness (QED) is 0.628. The second-order valence-electron chi connectivity index (χ2n) is 8.20. The van der Waals surface area contributed by atoms with Gasteiger partial charge in [0.1, 0.15) is 13.2 Å². The molecule has 1 amide bonds. The number of ether oxygens (including phenoxy) is 2. The third-order valence-electron chi connectivity index (χ3n) is 6.07. The van der Waals surface area contributed by atoms with E-state index >= 15 is 0 Å². The van der Waals surface area contributed by atoms with Gasteiger partial charge in [0.05, 0.1) is 12.2 Å². The van der Waals surface area contributed by atoms with Gasteiger partial charge in [-0.15, -0.1) is 0 Å². The van der Waals surface area contributed by atoms with Crippen LogP contribution >= 0.6 is 0 Å². The van der Waals surface area contributed by atoms with Gasteiger partial charge in [0, 0.05) is 18.7 Å². The van der Waals surface area contributed by atoms with E-state index in [2.05, 4.69) is 29.2 Å². The van der Waals surface area contributed by atoms with E-state index in [1.54, 1.807) is 6.20 Å². The summed E-state index contributed by atoms with van der Waals surface area (Å²) < 4.78 is 11.4. The molecule has 0 N–H and O–H groups in total. The molecule has 1 aliphatic heterocycles. The first kappa shape index (κ1) is 19.6. The molecule has 158 valence electrons. The topological polar surface area (TPSA) is 51.7 Å². The van der Waals surface area contributed by atoms with Crippen molar-refractivity contribution in [2.45, 2.75) is 32.4 Å². The van der Waals surface area contributed by atoms with Crippen LogP contribution in [0, 0.1) is 5.92 Å². The zero-order valence-electron chi connectivity index (χ0n) is 17.5. The number of amides is 1. The van der Waals surface area contributed by atoms with Crippen LogP contribution in [0.15, 0.2) is 66.9 Å². The van der Waals surface area contributed by atoms with Crippen LogP contribution in [0.4, 0.5) is 0 Å². The lowest BCUT2D eigenvalue weighted by atomic mass is 9.83. The van der Waals surface area contributed by atoms with Crippen LogP contribution in [0.5, 0.6) is 11.5 Å². The Hall–Kier alpha value is -3.34. The van der Waals surface area contributed by atoms with Crippen molar-refractivity contribution >= 4 is 5.91 Å². The lowest BCUT2D eigenvalue weighted by Gasteiger charge is -2.30. The Morgan fingerprint density at radius 3 is 2.58 bits per heavy atom. The molecule has 1 aliphatic carbocycles. The molecule has 0 saturated heterocycles. The Labute approximate surface area is 182 Å². The second kappa shape index (κ2) is 8.80. The fourth-order valence-corrected chi connectivity index (χ4v) is 4.47. The minimum Gasteiger partial charge on any atom is -0.486 e. The van der Waals surface area contributed by atoms with Gasteiger partial charge >= 0.3 is 0 Å². The molecular formula is C26H26N2O3. The van der Waals surface area contributed by atoms with E-state index in [1.807, 2.05) is 41.3 Å². The third-order valence-corrected chi connectivity index (χ3v) is 6.07. The monoisotopic (exact) mass is 414 g/mol. The van der Waals surface area contributed by atoms with Crippen molar-refractivity contribution in [3.05, 3.63) is 89.2 Å². The van der Waals surface area contributed by atoms with Gasteiger partial charge < -0.3 is 14.4 Å². The standard InChI is InChI=1S/C26H26N2O3/c29-26(22-10-9-20-5-1-2-6-21(20)16-22)28(18-23-7-3-4-12-27-23)17-19-8-11-24-25(15-19)31-14-13-30-24/h1-8,11-12,15,22H,9-10,13-14,16-18H2/t22-/m1/s1. The Balaban J connectivity index is 1.38. The third kappa shape index (κ3) is 4.41. The van der Waals surface area contributed by atoms with Crippen molar-refractivity contribution < 1.29 is 14.3 Å². The van der Waals surface area contributed by atoms with Crippen LogP contribution in [-0.4, -0.2) is 29.0 Å². The van der Waals surface area contributed by atoms with Crippen LogP contribution in [0.2, 0.25) is 0 Å². The Morgan fingerprint density at radius 2 is 1.74 bits per heavy atom. The number of aryl methyl sites for hydroxylation is 1. The maximum atomic E-state index is 13.6. The van der Waals surface area contributed by atoms with Crippen molar-refractivity contribution in [2.75, 3.05) is 13.2 Å². The van der Waals surface area contributed by atoms with E-state index in [0.29, 0.717) is 26.3 Å². The molecule has 1 atom stereocenters. The molecule has 2 aromatic carbocycles. The van der Waals surface area contributed by atoms with Gasteiger partial charge in [0.15, 0.2) is 11.5 Å². The largest absolute Gasteiger partial charge is 0.486 e. The molecule has 0 unspecified atom stereocenters. The van der Waals surface area contributed by atoms with E-state index < -0.39 is 0 Å². The van der Waals surface area contributed by atoms with Crippen molar-refractivity contribution in [1.82, 2.24) is 9.88 Å². The number of hydrogen-bond acceptors (Lipinski definition) is 4. The van der Waals surface area contributed by atoms with Gasteiger partial charge in [-0.2, -0.15) is 0 Å². The first-order chi connectivity index (χ1) is 15.3. The highest BCUT2D eigenvalue weighted by molar-refractivity contribution is 5.79. The first-order valence-corrected chi connectivity index (χ1v) is 10.9. The SMILES string of the molecule is O=C([C@@H]1CCc2ccccc2C1)N(Cc1ccc2c(c1)OCCO2)Cc1ccccn1. The smallest absolute Gasteiger partial charge is 0.226 e. The molecule has 3 aromatic rings. The van der Waals surface area contributed by atoms with Gasteiger partial charge in [-0.25, -0.2) is 0 Å². The van der Waals surface area contributed by atoms with Gasteiger partial charge in [0.2, 0.25) is 5.91 Å². The summed E-state index contributed by atoms with van der Waals surface area (Å²) in [5.41, 5.74) is 4.59. The summed E-state index contributed by atoms with van der Waals surface area (Å²) in [4.78, 5) is 20.0. The predicted octanol–water partition coefficient (Wildman–Crippen LogP) is 4.19. The Morgan fingerprint density at radius 1 is 0.935 bits per heavy atom. The average Bonchev–Trinajstić information content (AvgIpc) is 2.83. The highest BCUT2D eigenvalue weighted by atomic mass is 16.6. The number of carbonyl (C=O) groups excluding carboxylic acids is 1. The highest BCUT2D eigenvalue weighted by Gasteiger charge is 2.29. The molecule has 5 nitrogen and oxygen atoms in total. The normalized spacial score (nSPS) is 17.0. The number of fused-ring (bicyclic) bond motifs is 2. The van der Waals surface area contributed by atoms with E-state index in [9.17, 15) is 4.79 Å². The van der Waals surface area contributed by atoms with E-state index in [1.165, 1.54) is 11.1 Å². The molecule has 0 bridgehead atoms. The van der Waals surface area contributed by atoms with Gasteiger partial charge in [-0.05, 0) is 60.2 Å². The maximum absolute atomic E-state index is 13.6. The van der Waals surface area contributed by atoms with Crippen LogP contribution < -0.4 is 9.47 Å². The van der Waals surface area contributed by atoms with Crippen LogP contribution in [-0.2, 0) is 30.7 Å². The minimum absolute atomic E-state index is 0.00387. The molecule has 5 heteroatoms. The highest BCUT2D eigenvalue weighted by Crippen LogP contribution is 2.32. The molecule has 2 aliphatic rings. The fraction of sp³-hybridized carbons (Fsp3) is 0.308. The zero-order valence-corrected chi connectivity index (χ0v) is 17.5. The van der Waals surface area contributed by atoms with Crippen molar-refractivity contribution in [2.24, 2.45) is 5.92 Å². The van der Waals surface area contributed by atoms with E-state index in [4.69, 9.17) is 9.47 Å². The van der Waals surface area contributed by atoms with Crippen LogP contribution in [0.1, 0.15) is 28.8 Å².